The Morgan fingerprint density at radius 2 is 2.17 bits per heavy atom. The number of benzene rings is 1. The summed E-state index contributed by atoms with van der Waals surface area (Å²) in [5.74, 6) is 0.850. The molecule has 24 heavy (non-hydrogen) atoms. The van der Waals surface area contributed by atoms with Crippen LogP contribution >= 0.6 is 0 Å². The Morgan fingerprint density at radius 3 is 2.83 bits per heavy atom. The van der Waals surface area contributed by atoms with Gasteiger partial charge in [0.2, 0.25) is 0 Å². The molecule has 0 amide bonds. The predicted molar refractivity (Wildman–Crippen MR) is 101 cm³/mol. The van der Waals surface area contributed by atoms with Crippen molar-refractivity contribution in [3.63, 3.8) is 0 Å². The highest BCUT2D eigenvalue weighted by atomic mass is 16.5. The maximum atomic E-state index is 5.52. The molecule has 0 aliphatic carbocycles. The Labute approximate surface area is 146 Å². The molecular weight excluding hydrogens is 300 g/mol. The summed E-state index contributed by atoms with van der Waals surface area (Å²) in [6.07, 6.45) is 0. The third kappa shape index (κ3) is 5.21. The minimum atomic E-state index is 0.448. The summed E-state index contributed by atoms with van der Waals surface area (Å²) in [6.45, 7) is 13.1. The SMILES string of the molecule is CN=C(NCc1ccc(C)cc1C)NCC(C)N1CCOCC1C. The van der Waals surface area contributed by atoms with Gasteiger partial charge in [0, 0.05) is 38.8 Å². The third-order valence-corrected chi connectivity index (χ3v) is 4.72. The van der Waals surface area contributed by atoms with Crippen LogP contribution in [0.15, 0.2) is 23.2 Å². The molecule has 1 aliphatic rings. The summed E-state index contributed by atoms with van der Waals surface area (Å²) in [7, 11) is 1.82. The average molecular weight is 332 g/mol. The van der Waals surface area contributed by atoms with Gasteiger partial charge in [0.05, 0.1) is 13.2 Å². The summed E-state index contributed by atoms with van der Waals surface area (Å²) in [4.78, 5) is 6.83. The van der Waals surface area contributed by atoms with Gasteiger partial charge >= 0.3 is 0 Å². The van der Waals surface area contributed by atoms with Gasteiger partial charge in [-0.15, -0.1) is 0 Å². The van der Waals surface area contributed by atoms with E-state index >= 15 is 0 Å². The van der Waals surface area contributed by atoms with Gasteiger partial charge in [-0.2, -0.15) is 0 Å². The topological polar surface area (TPSA) is 48.9 Å². The van der Waals surface area contributed by atoms with Crippen molar-refractivity contribution in [3.05, 3.63) is 34.9 Å². The second kappa shape index (κ2) is 9.04. The van der Waals surface area contributed by atoms with Crippen LogP contribution < -0.4 is 10.6 Å². The van der Waals surface area contributed by atoms with Gasteiger partial charge in [-0.05, 0) is 38.8 Å². The third-order valence-electron chi connectivity index (χ3n) is 4.72. The van der Waals surface area contributed by atoms with Gasteiger partial charge in [-0.25, -0.2) is 0 Å². The molecule has 1 saturated heterocycles. The summed E-state index contributed by atoms with van der Waals surface area (Å²) < 4.78 is 5.52. The Bertz CT molecular complexity index is 558. The fourth-order valence-electron chi connectivity index (χ4n) is 3.20. The number of rotatable bonds is 5. The lowest BCUT2D eigenvalue weighted by atomic mass is 10.1. The fraction of sp³-hybridized carbons (Fsp3) is 0.632. The molecule has 134 valence electrons. The Balaban J connectivity index is 1.81. The van der Waals surface area contributed by atoms with Crippen molar-refractivity contribution in [2.24, 2.45) is 4.99 Å². The van der Waals surface area contributed by atoms with Crippen molar-refractivity contribution in [1.29, 1.82) is 0 Å². The number of nitrogens with one attached hydrogen (secondary N) is 2. The average Bonchev–Trinajstić information content (AvgIpc) is 2.56. The summed E-state index contributed by atoms with van der Waals surface area (Å²) in [5, 5.41) is 6.86. The number of hydrogen-bond acceptors (Lipinski definition) is 3. The molecular formula is C19H32N4O. The first-order valence-electron chi connectivity index (χ1n) is 8.85. The van der Waals surface area contributed by atoms with Crippen molar-refractivity contribution in [3.8, 4) is 0 Å². The van der Waals surface area contributed by atoms with E-state index in [2.05, 4.69) is 66.4 Å². The molecule has 2 atom stereocenters. The van der Waals surface area contributed by atoms with Crippen LogP contribution in [0.5, 0.6) is 0 Å². The van der Waals surface area contributed by atoms with Gasteiger partial charge in [0.15, 0.2) is 5.96 Å². The maximum Gasteiger partial charge on any atom is 0.191 e. The van der Waals surface area contributed by atoms with Gasteiger partial charge in [0.25, 0.3) is 0 Å². The fourth-order valence-corrected chi connectivity index (χ4v) is 3.20. The molecule has 0 aromatic heterocycles. The van der Waals surface area contributed by atoms with E-state index in [1.165, 1.54) is 16.7 Å². The van der Waals surface area contributed by atoms with E-state index in [4.69, 9.17) is 4.74 Å². The van der Waals surface area contributed by atoms with Crippen LogP contribution in [0.3, 0.4) is 0 Å². The Hall–Kier alpha value is -1.59. The van der Waals surface area contributed by atoms with Crippen molar-refractivity contribution < 1.29 is 4.74 Å². The van der Waals surface area contributed by atoms with Gasteiger partial charge in [-0.3, -0.25) is 9.89 Å². The molecule has 1 aliphatic heterocycles. The Kier molecular flexibility index (Phi) is 7.06. The normalized spacial score (nSPS) is 20.7. The minimum Gasteiger partial charge on any atom is -0.379 e. The predicted octanol–water partition coefficient (Wildman–Crippen LogP) is 2.08. The summed E-state index contributed by atoms with van der Waals surface area (Å²) in [5.41, 5.74) is 3.92. The number of hydrogen-bond donors (Lipinski definition) is 2. The first kappa shape index (κ1) is 18.7. The maximum absolute atomic E-state index is 5.52. The molecule has 2 N–H and O–H groups in total. The molecule has 0 spiro atoms. The number of morpholine rings is 1. The minimum absolute atomic E-state index is 0.448. The molecule has 2 rings (SSSR count). The largest absolute Gasteiger partial charge is 0.379 e. The van der Waals surface area contributed by atoms with Crippen LogP contribution in [-0.2, 0) is 11.3 Å². The molecule has 0 bridgehead atoms. The second-order valence-corrected chi connectivity index (χ2v) is 6.75. The van der Waals surface area contributed by atoms with Crippen LogP contribution in [-0.4, -0.2) is 56.3 Å². The van der Waals surface area contributed by atoms with E-state index in [9.17, 15) is 0 Å². The molecule has 1 fully saturated rings. The van der Waals surface area contributed by atoms with E-state index in [0.717, 1.165) is 38.8 Å². The highest BCUT2D eigenvalue weighted by Crippen LogP contribution is 2.11. The van der Waals surface area contributed by atoms with Crippen molar-refractivity contribution in [2.75, 3.05) is 33.4 Å². The standard InChI is InChI=1S/C19H32N4O/c1-14-6-7-18(15(2)10-14)12-22-19(20-5)21-11-16(3)23-8-9-24-13-17(23)4/h6-7,10,16-17H,8-9,11-13H2,1-5H3,(H2,20,21,22). The van der Waals surface area contributed by atoms with E-state index < -0.39 is 0 Å². The molecule has 5 nitrogen and oxygen atoms in total. The monoisotopic (exact) mass is 332 g/mol. The first-order chi connectivity index (χ1) is 11.5. The lowest BCUT2D eigenvalue weighted by Crippen LogP contribution is -2.52. The number of ether oxygens (including phenoxy) is 1. The smallest absolute Gasteiger partial charge is 0.191 e. The summed E-state index contributed by atoms with van der Waals surface area (Å²) >= 11 is 0. The zero-order valence-electron chi connectivity index (χ0n) is 15.7. The van der Waals surface area contributed by atoms with E-state index in [0.29, 0.717) is 12.1 Å². The number of aryl methyl sites for hydroxylation is 2. The second-order valence-electron chi connectivity index (χ2n) is 6.75. The lowest BCUT2D eigenvalue weighted by molar-refractivity contribution is -0.0174. The molecule has 2 unspecified atom stereocenters. The number of nitrogens with zero attached hydrogens (tertiary/aromatic N) is 2. The van der Waals surface area contributed by atoms with Crippen LogP contribution in [0.4, 0.5) is 0 Å². The molecule has 0 radical (unpaired) electrons. The molecule has 1 heterocycles. The lowest BCUT2D eigenvalue weighted by Gasteiger charge is -2.38. The van der Waals surface area contributed by atoms with Crippen LogP contribution in [0, 0.1) is 13.8 Å². The van der Waals surface area contributed by atoms with Gasteiger partial charge < -0.3 is 15.4 Å². The van der Waals surface area contributed by atoms with Crippen LogP contribution in [0.2, 0.25) is 0 Å². The van der Waals surface area contributed by atoms with Crippen LogP contribution in [0.25, 0.3) is 0 Å². The van der Waals surface area contributed by atoms with Gasteiger partial charge in [-0.1, -0.05) is 23.8 Å². The molecule has 0 saturated carbocycles. The van der Waals surface area contributed by atoms with Gasteiger partial charge in [0.1, 0.15) is 0 Å². The van der Waals surface area contributed by atoms with E-state index in [-0.39, 0.29) is 0 Å². The first-order valence-corrected chi connectivity index (χ1v) is 8.85. The molecule has 5 heteroatoms. The highest BCUT2D eigenvalue weighted by molar-refractivity contribution is 5.79. The number of aliphatic imine (C=N–C) groups is 1. The van der Waals surface area contributed by atoms with Crippen molar-refractivity contribution >= 4 is 5.96 Å². The zero-order valence-corrected chi connectivity index (χ0v) is 15.7. The van der Waals surface area contributed by atoms with E-state index in [1.54, 1.807) is 0 Å². The van der Waals surface area contributed by atoms with Crippen molar-refractivity contribution in [1.82, 2.24) is 15.5 Å². The Morgan fingerprint density at radius 1 is 1.38 bits per heavy atom. The van der Waals surface area contributed by atoms with Crippen molar-refractivity contribution in [2.45, 2.75) is 46.3 Å². The molecule has 1 aromatic carbocycles. The van der Waals surface area contributed by atoms with Crippen LogP contribution in [0.1, 0.15) is 30.5 Å². The number of guanidine groups is 1. The van der Waals surface area contributed by atoms with E-state index in [1.807, 2.05) is 7.05 Å². The summed E-state index contributed by atoms with van der Waals surface area (Å²) in [6, 6.07) is 7.48. The quantitative estimate of drug-likeness (QED) is 0.640. The zero-order chi connectivity index (χ0) is 17.5. The molecule has 1 aromatic rings. The highest BCUT2D eigenvalue weighted by Gasteiger charge is 2.23.